The molecule has 2 atom stereocenters. The maximum absolute atomic E-state index is 12.5. The van der Waals surface area contributed by atoms with Crippen molar-refractivity contribution < 1.29 is 14.1 Å². The number of rotatable bonds is 3. The molecule has 1 aromatic rings. The summed E-state index contributed by atoms with van der Waals surface area (Å²) < 4.78 is 10.7. The van der Waals surface area contributed by atoms with E-state index < -0.39 is 0 Å². The van der Waals surface area contributed by atoms with Crippen LogP contribution in [0.15, 0.2) is 4.52 Å². The lowest BCUT2D eigenvalue weighted by Gasteiger charge is -2.24. The van der Waals surface area contributed by atoms with Crippen molar-refractivity contribution in [3.05, 3.63) is 11.7 Å². The van der Waals surface area contributed by atoms with Crippen molar-refractivity contribution in [3.63, 3.8) is 0 Å². The minimum atomic E-state index is -0.000602. The van der Waals surface area contributed by atoms with Gasteiger partial charge in [-0.05, 0) is 32.1 Å². The highest BCUT2D eigenvalue weighted by Crippen LogP contribution is 2.40. The summed E-state index contributed by atoms with van der Waals surface area (Å²) in [5, 5.41) is 4.11. The zero-order valence-electron chi connectivity index (χ0n) is 11.5. The normalized spacial score (nSPS) is 30.1. The molecule has 1 aromatic heterocycles. The van der Waals surface area contributed by atoms with Crippen molar-refractivity contribution in [1.82, 2.24) is 15.0 Å². The van der Waals surface area contributed by atoms with Crippen LogP contribution in [0.2, 0.25) is 0 Å². The molecule has 3 aliphatic rings. The van der Waals surface area contributed by atoms with Gasteiger partial charge in [-0.25, -0.2) is 0 Å². The molecule has 3 heterocycles. The third-order valence-electron chi connectivity index (χ3n) is 4.50. The average molecular weight is 277 g/mol. The highest BCUT2D eigenvalue weighted by Gasteiger charge is 2.38. The molecule has 3 fully saturated rings. The average Bonchev–Trinajstić information content (AvgIpc) is 2.97. The summed E-state index contributed by atoms with van der Waals surface area (Å²) in [6.07, 6.45) is 5.07. The summed E-state index contributed by atoms with van der Waals surface area (Å²) in [7, 11) is 0. The Kier molecular flexibility index (Phi) is 2.98. The first-order valence-electron chi connectivity index (χ1n) is 7.54. The van der Waals surface area contributed by atoms with E-state index in [1.54, 1.807) is 0 Å². The van der Waals surface area contributed by atoms with Crippen molar-refractivity contribution in [2.45, 2.75) is 44.1 Å². The Morgan fingerprint density at radius 3 is 2.90 bits per heavy atom. The molecule has 1 saturated carbocycles. The summed E-state index contributed by atoms with van der Waals surface area (Å²) in [5.74, 6) is 2.12. The SMILES string of the molecule is O=C([C@H]1CCOC1)N1CCC[C@@H]1c1noc(C2CC2)n1. The predicted molar refractivity (Wildman–Crippen MR) is 68.9 cm³/mol. The molecular weight excluding hydrogens is 258 g/mol. The minimum Gasteiger partial charge on any atom is -0.381 e. The number of hydrogen-bond donors (Lipinski definition) is 0. The minimum absolute atomic E-state index is 0.000602. The number of aromatic nitrogens is 2. The number of nitrogens with zero attached hydrogens (tertiary/aromatic N) is 3. The molecule has 0 radical (unpaired) electrons. The van der Waals surface area contributed by atoms with E-state index in [1.165, 1.54) is 0 Å². The fourth-order valence-corrected chi connectivity index (χ4v) is 3.14. The summed E-state index contributed by atoms with van der Waals surface area (Å²) in [6.45, 7) is 2.05. The first-order valence-corrected chi connectivity index (χ1v) is 7.54. The van der Waals surface area contributed by atoms with Crippen molar-refractivity contribution in [2.24, 2.45) is 5.92 Å². The number of amides is 1. The Morgan fingerprint density at radius 1 is 1.25 bits per heavy atom. The van der Waals surface area contributed by atoms with Gasteiger partial charge < -0.3 is 14.2 Å². The second-order valence-corrected chi connectivity index (χ2v) is 6.02. The van der Waals surface area contributed by atoms with Crippen LogP contribution in [0.1, 0.15) is 55.8 Å². The van der Waals surface area contributed by atoms with E-state index in [0.29, 0.717) is 25.0 Å². The van der Waals surface area contributed by atoms with Crippen LogP contribution < -0.4 is 0 Å². The molecule has 6 heteroatoms. The molecule has 0 unspecified atom stereocenters. The maximum Gasteiger partial charge on any atom is 0.229 e. The molecule has 2 saturated heterocycles. The molecule has 6 nitrogen and oxygen atoms in total. The van der Waals surface area contributed by atoms with E-state index in [1.807, 2.05) is 4.90 Å². The molecule has 1 aliphatic carbocycles. The van der Waals surface area contributed by atoms with Gasteiger partial charge in [0.1, 0.15) is 0 Å². The Hall–Kier alpha value is -1.43. The predicted octanol–water partition coefficient (Wildman–Crippen LogP) is 1.65. The van der Waals surface area contributed by atoms with E-state index in [0.717, 1.165) is 44.5 Å². The number of likely N-dealkylation sites (tertiary alicyclic amines) is 1. The fraction of sp³-hybridized carbons (Fsp3) is 0.786. The van der Waals surface area contributed by atoms with Crippen LogP contribution in [0.5, 0.6) is 0 Å². The Bertz CT molecular complexity index is 506. The van der Waals surface area contributed by atoms with Crippen molar-refractivity contribution in [3.8, 4) is 0 Å². The van der Waals surface area contributed by atoms with E-state index in [-0.39, 0.29) is 17.9 Å². The highest BCUT2D eigenvalue weighted by atomic mass is 16.5. The lowest BCUT2D eigenvalue weighted by Crippen LogP contribution is -2.36. The van der Waals surface area contributed by atoms with Gasteiger partial charge in [-0.1, -0.05) is 5.16 Å². The second kappa shape index (κ2) is 4.84. The third-order valence-corrected chi connectivity index (χ3v) is 4.50. The summed E-state index contributed by atoms with van der Waals surface area (Å²) >= 11 is 0. The van der Waals surface area contributed by atoms with Gasteiger partial charge in [0.2, 0.25) is 11.8 Å². The van der Waals surface area contributed by atoms with E-state index in [2.05, 4.69) is 10.1 Å². The van der Waals surface area contributed by atoms with Crippen LogP contribution in [-0.4, -0.2) is 40.7 Å². The lowest BCUT2D eigenvalue weighted by molar-refractivity contribution is -0.136. The summed E-state index contributed by atoms with van der Waals surface area (Å²) in [4.78, 5) is 19.0. The number of carbonyl (C=O) groups is 1. The second-order valence-electron chi connectivity index (χ2n) is 6.02. The van der Waals surface area contributed by atoms with Gasteiger partial charge in [-0.3, -0.25) is 4.79 Å². The molecular formula is C14H19N3O3. The molecule has 20 heavy (non-hydrogen) atoms. The van der Waals surface area contributed by atoms with Crippen LogP contribution in [0.4, 0.5) is 0 Å². The van der Waals surface area contributed by atoms with Gasteiger partial charge >= 0.3 is 0 Å². The standard InChI is InChI=1S/C14H19N3O3/c18-14(10-5-7-19-8-10)17-6-1-2-11(17)12-15-13(20-16-12)9-3-4-9/h9-11H,1-8H2/t10-,11+/m0/s1. The first-order chi connectivity index (χ1) is 9.83. The quantitative estimate of drug-likeness (QED) is 0.840. The Labute approximate surface area is 117 Å². The molecule has 0 spiro atoms. The maximum atomic E-state index is 12.5. The first kappa shape index (κ1) is 12.3. The van der Waals surface area contributed by atoms with Crippen LogP contribution in [0.25, 0.3) is 0 Å². The molecule has 0 bridgehead atoms. The third kappa shape index (κ3) is 2.12. The van der Waals surface area contributed by atoms with Crippen molar-refractivity contribution >= 4 is 5.91 Å². The number of carbonyl (C=O) groups excluding carboxylic acids is 1. The van der Waals surface area contributed by atoms with Gasteiger partial charge in [-0.2, -0.15) is 4.98 Å². The van der Waals surface area contributed by atoms with Crippen LogP contribution in [0.3, 0.4) is 0 Å². The monoisotopic (exact) mass is 277 g/mol. The van der Waals surface area contributed by atoms with E-state index >= 15 is 0 Å². The van der Waals surface area contributed by atoms with Gasteiger partial charge in [0.05, 0.1) is 18.6 Å². The van der Waals surface area contributed by atoms with Gasteiger partial charge in [0.25, 0.3) is 0 Å². The fourth-order valence-electron chi connectivity index (χ4n) is 3.14. The number of ether oxygens (including phenoxy) is 1. The lowest BCUT2D eigenvalue weighted by atomic mass is 10.1. The zero-order valence-corrected chi connectivity index (χ0v) is 11.5. The van der Waals surface area contributed by atoms with Crippen molar-refractivity contribution in [1.29, 1.82) is 0 Å². The Balaban J connectivity index is 1.51. The molecule has 4 rings (SSSR count). The zero-order chi connectivity index (χ0) is 13.5. The van der Waals surface area contributed by atoms with E-state index in [9.17, 15) is 4.79 Å². The van der Waals surface area contributed by atoms with E-state index in [4.69, 9.17) is 9.26 Å². The molecule has 0 aromatic carbocycles. The molecule has 1 amide bonds. The summed E-state index contributed by atoms with van der Waals surface area (Å²) in [6, 6.07) is -0.000602. The molecule has 108 valence electrons. The topological polar surface area (TPSA) is 68.5 Å². The van der Waals surface area contributed by atoms with Crippen molar-refractivity contribution in [2.75, 3.05) is 19.8 Å². The van der Waals surface area contributed by atoms with Gasteiger partial charge in [0, 0.05) is 19.1 Å². The Morgan fingerprint density at radius 2 is 2.15 bits per heavy atom. The number of hydrogen-bond acceptors (Lipinski definition) is 5. The van der Waals surface area contributed by atoms with Crippen LogP contribution >= 0.6 is 0 Å². The molecule has 2 aliphatic heterocycles. The van der Waals surface area contributed by atoms with Gasteiger partial charge in [0.15, 0.2) is 5.82 Å². The highest BCUT2D eigenvalue weighted by molar-refractivity contribution is 5.79. The summed E-state index contributed by atoms with van der Waals surface area (Å²) in [5.41, 5.74) is 0. The van der Waals surface area contributed by atoms with Crippen LogP contribution in [-0.2, 0) is 9.53 Å². The molecule has 0 N–H and O–H groups in total. The van der Waals surface area contributed by atoms with Gasteiger partial charge in [-0.15, -0.1) is 0 Å². The smallest absolute Gasteiger partial charge is 0.229 e. The van der Waals surface area contributed by atoms with Crippen LogP contribution in [0, 0.1) is 5.92 Å². The largest absolute Gasteiger partial charge is 0.381 e.